The van der Waals surface area contributed by atoms with E-state index in [1.165, 1.54) is 12.1 Å². The number of alkyl halides is 2. The number of benzene rings is 1. The highest BCUT2D eigenvalue weighted by atomic mass is 19.3. The SMILES string of the molecule is OC(Cc1ccc(F)cc1)CC1CCC(F)(F)C1. The topological polar surface area (TPSA) is 20.2 Å². The van der Waals surface area contributed by atoms with Crippen LogP contribution in [0.4, 0.5) is 13.2 Å². The summed E-state index contributed by atoms with van der Waals surface area (Å²) in [6.07, 6.45) is 0.450. The molecular weight excluding hydrogens is 241 g/mol. The minimum Gasteiger partial charge on any atom is -0.393 e. The molecule has 0 amide bonds. The lowest BCUT2D eigenvalue weighted by atomic mass is 9.96. The Hall–Kier alpha value is -1.03. The summed E-state index contributed by atoms with van der Waals surface area (Å²) >= 11 is 0. The van der Waals surface area contributed by atoms with Crippen molar-refractivity contribution in [3.05, 3.63) is 35.6 Å². The summed E-state index contributed by atoms with van der Waals surface area (Å²) in [4.78, 5) is 0. The normalized spacial score (nSPS) is 24.1. The van der Waals surface area contributed by atoms with Crippen molar-refractivity contribution in [2.75, 3.05) is 0 Å². The second kappa shape index (κ2) is 5.31. The Morgan fingerprint density at radius 2 is 1.94 bits per heavy atom. The molecule has 1 aromatic rings. The van der Waals surface area contributed by atoms with Gasteiger partial charge in [-0.15, -0.1) is 0 Å². The fraction of sp³-hybridized carbons (Fsp3) is 0.571. The molecule has 0 spiro atoms. The van der Waals surface area contributed by atoms with Crippen LogP contribution < -0.4 is 0 Å². The van der Waals surface area contributed by atoms with Gasteiger partial charge >= 0.3 is 0 Å². The molecule has 0 radical (unpaired) electrons. The Morgan fingerprint density at radius 1 is 1.28 bits per heavy atom. The summed E-state index contributed by atoms with van der Waals surface area (Å²) in [7, 11) is 0. The fourth-order valence-electron chi connectivity index (χ4n) is 2.60. The molecule has 1 aliphatic rings. The molecule has 100 valence electrons. The van der Waals surface area contributed by atoms with Gasteiger partial charge in [0.25, 0.3) is 0 Å². The zero-order valence-corrected chi connectivity index (χ0v) is 10.1. The van der Waals surface area contributed by atoms with Crippen LogP contribution in [0, 0.1) is 11.7 Å². The Bertz CT molecular complexity index is 389. The van der Waals surface area contributed by atoms with E-state index in [1.807, 2.05) is 0 Å². The zero-order chi connectivity index (χ0) is 13.2. The van der Waals surface area contributed by atoms with Gasteiger partial charge in [0.15, 0.2) is 0 Å². The number of hydrogen-bond acceptors (Lipinski definition) is 1. The zero-order valence-electron chi connectivity index (χ0n) is 10.1. The highest BCUT2D eigenvalue weighted by Gasteiger charge is 2.39. The average molecular weight is 258 g/mol. The third-order valence-corrected chi connectivity index (χ3v) is 3.50. The molecule has 2 unspecified atom stereocenters. The predicted octanol–water partition coefficient (Wildman–Crippen LogP) is 3.55. The number of aliphatic hydroxyl groups excluding tert-OH is 1. The molecular formula is C14H17F3O. The summed E-state index contributed by atoms with van der Waals surface area (Å²) in [6.45, 7) is 0. The molecule has 0 aromatic heterocycles. The lowest BCUT2D eigenvalue weighted by Gasteiger charge is -2.15. The molecule has 0 heterocycles. The van der Waals surface area contributed by atoms with Crippen LogP contribution in [0.2, 0.25) is 0 Å². The Labute approximate surface area is 105 Å². The van der Waals surface area contributed by atoms with Crippen molar-refractivity contribution in [3.8, 4) is 0 Å². The number of aliphatic hydroxyl groups is 1. The van der Waals surface area contributed by atoms with Crippen LogP contribution in [0.15, 0.2) is 24.3 Å². The third-order valence-electron chi connectivity index (χ3n) is 3.50. The molecule has 0 aliphatic heterocycles. The van der Waals surface area contributed by atoms with Crippen molar-refractivity contribution in [2.24, 2.45) is 5.92 Å². The number of halogens is 3. The van der Waals surface area contributed by atoms with E-state index in [0.717, 1.165) is 5.56 Å². The van der Waals surface area contributed by atoms with Crippen molar-refractivity contribution < 1.29 is 18.3 Å². The van der Waals surface area contributed by atoms with Gasteiger partial charge in [0.1, 0.15) is 5.82 Å². The van der Waals surface area contributed by atoms with Crippen LogP contribution in [0.1, 0.15) is 31.2 Å². The maximum absolute atomic E-state index is 13.0. The van der Waals surface area contributed by atoms with Crippen molar-refractivity contribution in [3.63, 3.8) is 0 Å². The minimum atomic E-state index is -2.56. The summed E-state index contributed by atoms with van der Waals surface area (Å²) in [5.41, 5.74) is 0.827. The largest absolute Gasteiger partial charge is 0.393 e. The van der Waals surface area contributed by atoms with E-state index in [0.29, 0.717) is 19.3 Å². The van der Waals surface area contributed by atoms with Crippen LogP contribution in [0.25, 0.3) is 0 Å². The second-order valence-corrected chi connectivity index (χ2v) is 5.18. The summed E-state index contributed by atoms with van der Waals surface area (Å²) in [5, 5.41) is 9.86. The molecule has 0 saturated heterocycles. The van der Waals surface area contributed by atoms with Gasteiger partial charge in [0, 0.05) is 12.8 Å². The van der Waals surface area contributed by atoms with Gasteiger partial charge in [-0.2, -0.15) is 0 Å². The number of rotatable bonds is 4. The van der Waals surface area contributed by atoms with Gasteiger partial charge in [0.05, 0.1) is 6.10 Å². The van der Waals surface area contributed by atoms with E-state index >= 15 is 0 Å². The van der Waals surface area contributed by atoms with Gasteiger partial charge in [-0.3, -0.25) is 0 Å². The first-order chi connectivity index (χ1) is 8.44. The summed E-state index contributed by atoms with van der Waals surface area (Å²) in [6, 6.07) is 5.90. The van der Waals surface area contributed by atoms with Crippen LogP contribution in [0.3, 0.4) is 0 Å². The standard InChI is InChI=1S/C14H17F3O/c15-12-3-1-10(2-4-12)7-13(18)8-11-5-6-14(16,17)9-11/h1-4,11,13,18H,5-9H2. The van der Waals surface area contributed by atoms with Gasteiger partial charge in [0.2, 0.25) is 5.92 Å². The van der Waals surface area contributed by atoms with Crippen LogP contribution >= 0.6 is 0 Å². The lowest BCUT2D eigenvalue weighted by molar-refractivity contribution is 0.00264. The molecule has 1 N–H and O–H groups in total. The van der Waals surface area contributed by atoms with Gasteiger partial charge < -0.3 is 5.11 Å². The van der Waals surface area contributed by atoms with Gasteiger partial charge in [-0.1, -0.05) is 12.1 Å². The van der Waals surface area contributed by atoms with Crippen LogP contribution in [-0.2, 0) is 6.42 Å². The second-order valence-electron chi connectivity index (χ2n) is 5.18. The van der Waals surface area contributed by atoms with Crippen molar-refractivity contribution >= 4 is 0 Å². The van der Waals surface area contributed by atoms with E-state index in [-0.39, 0.29) is 24.6 Å². The van der Waals surface area contributed by atoms with Gasteiger partial charge in [-0.05, 0) is 42.9 Å². The summed E-state index contributed by atoms with van der Waals surface area (Å²) in [5.74, 6) is -2.97. The monoisotopic (exact) mass is 258 g/mol. The molecule has 2 atom stereocenters. The highest BCUT2D eigenvalue weighted by molar-refractivity contribution is 5.16. The smallest absolute Gasteiger partial charge is 0.248 e. The van der Waals surface area contributed by atoms with Crippen molar-refractivity contribution in [1.29, 1.82) is 0 Å². The molecule has 2 rings (SSSR count). The van der Waals surface area contributed by atoms with E-state index in [2.05, 4.69) is 0 Å². The van der Waals surface area contributed by atoms with Crippen LogP contribution in [-0.4, -0.2) is 17.1 Å². The quantitative estimate of drug-likeness (QED) is 0.875. The maximum atomic E-state index is 13.0. The average Bonchev–Trinajstić information content (AvgIpc) is 2.61. The lowest BCUT2D eigenvalue weighted by Crippen LogP contribution is -2.16. The minimum absolute atomic E-state index is 0.0685. The van der Waals surface area contributed by atoms with E-state index in [9.17, 15) is 18.3 Å². The molecule has 1 fully saturated rings. The fourth-order valence-corrected chi connectivity index (χ4v) is 2.60. The Morgan fingerprint density at radius 3 is 2.50 bits per heavy atom. The van der Waals surface area contributed by atoms with Crippen LogP contribution in [0.5, 0.6) is 0 Å². The van der Waals surface area contributed by atoms with E-state index < -0.39 is 12.0 Å². The highest BCUT2D eigenvalue weighted by Crippen LogP contribution is 2.40. The Kier molecular flexibility index (Phi) is 3.95. The summed E-state index contributed by atoms with van der Waals surface area (Å²) < 4.78 is 38.7. The molecule has 1 aromatic carbocycles. The predicted molar refractivity (Wildman–Crippen MR) is 63.0 cm³/mol. The van der Waals surface area contributed by atoms with Gasteiger partial charge in [-0.25, -0.2) is 13.2 Å². The van der Waals surface area contributed by atoms with Crippen molar-refractivity contribution in [1.82, 2.24) is 0 Å². The maximum Gasteiger partial charge on any atom is 0.248 e. The molecule has 4 heteroatoms. The third kappa shape index (κ3) is 3.73. The first kappa shape index (κ1) is 13.4. The molecule has 0 bridgehead atoms. The van der Waals surface area contributed by atoms with Crippen molar-refractivity contribution in [2.45, 2.75) is 44.1 Å². The van der Waals surface area contributed by atoms with E-state index in [4.69, 9.17) is 0 Å². The first-order valence-corrected chi connectivity index (χ1v) is 6.25. The number of hydrogen-bond donors (Lipinski definition) is 1. The first-order valence-electron chi connectivity index (χ1n) is 6.25. The molecule has 1 saturated carbocycles. The molecule has 1 nitrogen and oxygen atoms in total. The Balaban J connectivity index is 1.82. The molecule has 1 aliphatic carbocycles. The van der Waals surface area contributed by atoms with E-state index in [1.54, 1.807) is 12.1 Å². The molecule has 18 heavy (non-hydrogen) atoms.